The molecule has 0 amide bonds. The molecule has 0 bridgehead atoms. The van der Waals surface area contributed by atoms with E-state index < -0.39 is 18.2 Å². The van der Waals surface area contributed by atoms with Crippen LogP contribution in [0.5, 0.6) is 0 Å². The summed E-state index contributed by atoms with van der Waals surface area (Å²) in [6.07, 6.45) is -4.40. The van der Waals surface area contributed by atoms with Gasteiger partial charge in [-0.05, 0) is 13.3 Å². The molecule has 5 heteroatoms. The Morgan fingerprint density at radius 3 is 2.33 bits per heavy atom. The molecule has 1 unspecified atom stereocenters. The molecule has 0 aromatic rings. The van der Waals surface area contributed by atoms with Crippen molar-refractivity contribution in [3.8, 4) is 0 Å². The lowest BCUT2D eigenvalue weighted by Crippen LogP contribution is -2.28. The molecule has 0 saturated carbocycles. The highest BCUT2D eigenvalue weighted by atomic mass is 19.4. The third-order valence-corrected chi connectivity index (χ3v) is 1.23. The van der Waals surface area contributed by atoms with E-state index in [1.165, 1.54) is 6.92 Å². The Bertz CT molecular complexity index is 153. The summed E-state index contributed by atoms with van der Waals surface area (Å²) in [6.45, 7) is 3.24. The third-order valence-electron chi connectivity index (χ3n) is 1.23. The minimum absolute atomic E-state index is 0.446. The van der Waals surface area contributed by atoms with Gasteiger partial charge in [0.25, 0.3) is 0 Å². The SMILES string of the molecule is CCCC(C)OC(=O)C(F)(F)F. The monoisotopic (exact) mass is 184 g/mol. The molecule has 0 fully saturated rings. The number of carbonyl (C=O) groups is 1. The van der Waals surface area contributed by atoms with Gasteiger partial charge in [-0.25, -0.2) is 4.79 Å². The first-order valence-electron chi connectivity index (χ1n) is 3.65. The number of carbonyl (C=O) groups excluding carboxylic acids is 1. The van der Waals surface area contributed by atoms with Crippen LogP contribution < -0.4 is 0 Å². The number of halogens is 3. The maximum Gasteiger partial charge on any atom is 0.490 e. The number of alkyl halides is 3. The van der Waals surface area contributed by atoms with Crippen molar-refractivity contribution >= 4 is 5.97 Å². The van der Waals surface area contributed by atoms with Gasteiger partial charge in [-0.3, -0.25) is 0 Å². The number of rotatable bonds is 3. The van der Waals surface area contributed by atoms with Crippen LogP contribution >= 0.6 is 0 Å². The van der Waals surface area contributed by atoms with Gasteiger partial charge in [0.05, 0.1) is 6.10 Å². The zero-order chi connectivity index (χ0) is 9.78. The van der Waals surface area contributed by atoms with E-state index in [1.54, 1.807) is 6.92 Å². The lowest BCUT2D eigenvalue weighted by molar-refractivity contribution is -0.204. The summed E-state index contributed by atoms with van der Waals surface area (Å²) in [5, 5.41) is 0. The average molecular weight is 184 g/mol. The van der Waals surface area contributed by atoms with E-state index in [9.17, 15) is 18.0 Å². The highest BCUT2D eigenvalue weighted by Gasteiger charge is 2.41. The molecule has 0 aromatic heterocycles. The molecule has 0 rings (SSSR count). The van der Waals surface area contributed by atoms with Gasteiger partial charge >= 0.3 is 12.1 Å². The molecule has 0 saturated heterocycles. The van der Waals surface area contributed by atoms with Crippen LogP contribution in [0.15, 0.2) is 0 Å². The smallest absolute Gasteiger partial charge is 0.456 e. The summed E-state index contributed by atoms with van der Waals surface area (Å²) in [6, 6.07) is 0. The molecule has 0 aliphatic carbocycles. The zero-order valence-electron chi connectivity index (χ0n) is 6.94. The fourth-order valence-electron chi connectivity index (χ4n) is 0.715. The summed E-state index contributed by atoms with van der Waals surface area (Å²) in [5.41, 5.74) is 0. The van der Waals surface area contributed by atoms with E-state index in [0.717, 1.165) is 0 Å². The lowest BCUT2D eigenvalue weighted by Gasteiger charge is -2.12. The molecule has 0 radical (unpaired) electrons. The summed E-state index contributed by atoms with van der Waals surface area (Å²) in [4.78, 5) is 10.2. The first-order valence-corrected chi connectivity index (χ1v) is 3.65. The van der Waals surface area contributed by atoms with E-state index in [0.29, 0.717) is 12.8 Å². The van der Waals surface area contributed by atoms with Crippen molar-refractivity contribution in [2.45, 2.75) is 39.0 Å². The van der Waals surface area contributed by atoms with Gasteiger partial charge in [0.1, 0.15) is 0 Å². The van der Waals surface area contributed by atoms with Gasteiger partial charge in [0.15, 0.2) is 0 Å². The standard InChI is InChI=1S/C7H11F3O2/c1-3-4-5(2)12-6(11)7(8,9)10/h5H,3-4H2,1-2H3. The molecule has 0 aliphatic heterocycles. The predicted molar refractivity (Wildman–Crippen MR) is 36.5 cm³/mol. The van der Waals surface area contributed by atoms with Gasteiger partial charge in [-0.1, -0.05) is 13.3 Å². The van der Waals surface area contributed by atoms with Crippen LogP contribution in [0.4, 0.5) is 13.2 Å². The van der Waals surface area contributed by atoms with Gasteiger partial charge in [-0.15, -0.1) is 0 Å². The van der Waals surface area contributed by atoms with Crippen molar-refractivity contribution in [2.24, 2.45) is 0 Å². The topological polar surface area (TPSA) is 26.3 Å². The Morgan fingerprint density at radius 2 is 2.00 bits per heavy atom. The first kappa shape index (κ1) is 11.3. The maximum absolute atomic E-state index is 11.6. The van der Waals surface area contributed by atoms with Gasteiger partial charge in [-0.2, -0.15) is 13.2 Å². The minimum atomic E-state index is -4.87. The Kier molecular flexibility index (Phi) is 4.06. The van der Waals surface area contributed by atoms with Crippen molar-refractivity contribution in [1.82, 2.24) is 0 Å². The Labute approximate surface area is 68.7 Å². The van der Waals surface area contributed by atoms with E-state index >= 15 is 0 Å². The summed E-state index contributed by atoms with van der Waals surface area (Å²) >= 11 is 0. The van der Waals surface area contributed by atoms with Crippen LogP contribution in [0, 0.1) is 0 Å². The van der Waals surface area contributed by atoms with E-state index in [1.807, 2.05) is 0 Å². The fourth-order valence-corrected chi connectivity index (χ4v) is 0.715. The molecule has 0 N–H and O–H groups in total. The normalized spacial score (nSPS) is 14.1. The van der Waals surface area contributed by atoms with Gasteiger partial charge in [0, 0.05) is 0 Å². The second-order valence-electron chi connectivity index (χ2n) is 2.50. The van der Waals surface area contributed by atoms with E-state index in [2.05, 4.69) is 4.74 Å². The van der Waals surface area contributed by atoms with Crippen molar-refractivity contribution in [1.29, 1.82) is 0 Å². The summed E-state index contributed by atoms with van der Waals surface area (Å²) < 4.78 is 38.8. The van der Waals surface area contributed by atoms with Crippen LogP contribution in [0.2, 0.25) is 0 Å². The summed E-state index contributed by atoms with van der Waals surface area (Å²) in [5.74, 6) is -2.11. The summed E-state index contributed by atoms with van der Waals surface area (Å²) in [7, 11) is 0. The Balaban J connectivity index is 3.85. The average Bonchev–Trinajstić information content (AvgIpc) is 1.85. The van der Waals surface area contributed by atoms with E-state index in [-0.39, 0.29) is 0 Å². The molecular weight excluding hydrogens is 173 g/mol. The Morgan fingerprint density at radius 1 is 1.50 bits per heavy atom. The van der Waals surface area contributed by atoms with Gasteiger partial charge < -0.3 is 4.74 Å². The zero-order valence-corrected chi connectivity index (χ0v) is 6.94. The third kappa shape index (κ3) is 4.20. The molecule has 0 spiro atoms. The van der Waals surface area contributed by atoms with Crippen LogP contribution in [-0.2, 0) is 9.53 Å². The van der Waals surface area contributed by atoms with Crippen LogP contribution in [-0.4, -0.2) is 18.2 Å². The number of ether oxygens (including phenoxy) is 1. The Hall–Kier alpha value is -0.740. The van der Waals surface area contributed by atoms with Gasteiger partial charge in [0.2, 0.25) is 0 Å². The highest BCUT2D eigenvalue weighted by Crippen LogP contribution is 2.18. The number of hydrogen-bond donors (Lipinski definition) is 0. The number of esters is 1. The quantitative estimate of drug-likeness (QED) is 0.629. The molecular formula is C7H11F3O2. The maximum atomic E-state index is 11.6. The molecule has 0 heterocycles. The van der Waals surface area contributed by atoms with Crippen molar-refractivity contribution in [3.05, 3.63) is 0 Å². The van der Waals surface area contributed by atoms with Crippen LogP contribution in [0.25, 0.3) is 0 Å². The minimum Gasteiger partial charge on any atom is -0.456 e. The first-order chi connectivity index (χ1) is 5.38. The molecule has 12 heavy (non-hydrogen) atoms. The van der Waals surface area contributed by atoms with Crippen LogP contribution in [0.1, 0.15) is 26.7 Å². The molecule has 72 valence electrons. The van der Waals surface area contributed by atoms with Crippen molar-refractivity contribution in [2.75, 3.05) is 0 Å². The molecule has 1 atom stereocenters. The van der Waals surface area contributed by atoms with E-state index in [4.69, 9.17) is 0 Å². The predicted octanol–water partition coefficient (Wildman–Crippen LogP) is 2.28. The molecule has 2 nitrogen and oxygen atoms in total. The number of hydrogen-bond acceptors (Lipinski definition) is 2. The van der Waals surface area contributed by atoms with Crippen LogP contribution in [0.3, 0.4) is 0 Å². The van der Waals surface area contributed by atoms with Crippen molar-refractivity contribution < 1.29 is 22.7 Å². The highest BCUT2D eigenvalue weighted by molar-refractivity contribution is 5.75. The molecule has 0 aliphatic rings. The fraction of sp³-hybridized carbons (Fsp3) is 0.857. The molecule has 0 aromatic carbocycles. The largest absolute Gasteiger partial charge is 0.490 e. The second-order valence-corrected chi connectivity index (χ2v) is 2.50. The van der Waals surface area contributed by atoms with Crippen molar-refractivity contribution in [3.63, 3.8) is 0 Å². The lowest BCUT2D eigenvalue weighted by atomic mass is 10.2. The second kappa shape index (κ2) is 4.33.